The van der Waals surface area contributed by atoms with Gasteiger partial charge in [-0.25, -0.2) is 0 Å². The van der Waals surface area contributed by atoms with Gasteiger partial charge in [-0.2, -0.15) is 0 Å². The number of aliphatic hydroxyl groups excluding tert-OH is 4. The molecule has 11 atom stereocenters. The molecule has 3 aliphatic carbocycles. The summed E-state index contributed by atoms with van der Waals surface area (Å²) in [6, 6.07) is 0. The van der Waals surface area contributed by atoms with Crippen LogP contribution in [-0.2, 0) is 9.53 Å². The summed E-state index contributed by atoms with van der Waals surface area (Å²) in [6.45, 7) is 4.44. The largest absolute Gasteiger partial charge is 0.396 e. The SMILES string of the molecule is CC1C[C@H]2O[C@H]3C4[C@H](C)C4(O)[C@](C)([C@H](O)[C@H]3O)[C@@]2(CO)[C@H](O)C1=O. The summed E-state index contributed by atoms with van der Waals surface area (Å²) in [4.78, 5) is 12.5. The molecular weight excluding hydrogens is 316 g/mol. The maximum Gasteiger partial charge on any atom is 0.164 e. The highest BCUT2D eigenvalue weighted by molar-refractivity contribution is 5.87. The summed E-state index contributed by atoms with van der Waals surface area (Å²) >= 11 is 0. The molecular formula is C17H26O7. The highest BCUT2D eigenvalue weighted by Crippen LogP contribution is 2.75. The first-order valence-electron chi connectivity index (χ1n) is 8.67. The lowest BCUT2D eigenvalue weighted by atomic mass is 9.47. The molecule has 7 heteroatoms. The number of aliphatic hydroxyl groups is 5. The van der Waals surface area contributed by atoms with E-state index in [0.717, 1.165) is 0 Å². The summed E-state index contributed by atoms with van der Waals surface area (Å²) in [6.07, 6.45) is -5.45. The van der Waals surface area contributed by atoms with Gasteiger partial charge in [-0.15, -0.1) is 0 Å². The summed E-state index contributed by atoms with van der Waals surface area (Å²) < 4.78 is 6.08. The van der Waals surface area contributed by atoms with Crippen molar-refractivity contribution in [3.8, 4) is 0 Å². The first-order chi connectivity index (χ1) is 11.1. The van der Waals surface area contributed by atoms with Gasteiger partial charge in [0.2, 0.25) is 0 Å². The van der Waals surface area contributed by atoms with Crippen LogP contribution in [-0.4, -0.2) is 74.0 Å². The number of hydrogen-bond donors (Lipinski definition) is 5. The average molecular weight is 342 g/mol. The standard InChI is InChI=1S/C17H26O7/c1-6-4-8-16(5-18,14(22)10(6)19)15(3)13(21)11(20)12(24-8)9-7(2)17(9,15)23/h6-9,11-14,18,20-23H,4-5H2,1-3H3/t6?,7-,8+,9?,11-,12-,13+,14+,15+,16+,17?/m0/s1. The number of hydrogen-bond acceptors (Lipinski definition) is 7. The molecule has 0 aromatic carbocycles. The summed E-state index contributed by atoms with van der Waals surface area (Å²) in [7, 11) is 0. The highest BCUT2D eigenvalue weighted by atomic mass is 16.5. The number of carbonyl (C=O) groups excluding carboxylic acids is 1. The minimum Gasteiger partial charge on any atom is -0.396 e. The van der Waals surface area contributed by atoms with E-state index in [-0.39, 0.29) is 12.3 Å². The molecule has 0 spiro atoms. The second-order valence-electron chi connectivity index (χ2n) is 8.51. The van der Waals surface area contributed by atoms with Gasteiger partial charge < -0.3 is 30.3 Å². The molecule has 24 heavy (non-hydrogen) atoms. The van der Waals surface area contributed by atoms with Crippen molar-refractivity contribution in [3.63, 3.8) is 0 Å². The fourth-order valence-electron chi connectivity index (χ4n) is 6.40. The number of rotatable bonds is 1. The van der Waals surface area contributed by atoms with Crippen molar-refractivity contribution in [3.05, 3.63) is 0 Å². The van der Waals surface area contributed by atoms with Crippen LogP contribution in [0.15, 0.2) is 0 Å². The molecule has 2 aliphatic heterocycles. The fraction of sp³-hybridized carbons (Fsp3) is 0.941. The van der Waals surface area contributed by atoms with Crippen molar-refractivity contribution in [2.45, 2.75) is 63.3 Å². The van der Waals surface area contributed by atoms with Crippen LogP contribution in [0.3, 0.4) is 0 Å². The van der Waals surface area contributed by atoms with E-state index in [2.05, 4.69) is 0 Å². The number of ether oxygens (including phenoxy) is 1. The zero-order valence-electron chi connectivity index (χ0n) is 14.1. The number of fused-ring (bicyclic) bond motifs is 1. The summed E-state index contributed by atoms with van der Waals surface area (Å²) in [5.41, 5.74) is -4.43. The molecule has 3 unspecified atom stereocenters. The monoisotopic (exact) mass is 342 g/mol. The molecule has 2 saturated heterocycles. The number of Topliss-reactive ketones (excluding diaryl/α,β-unsaturated/α-hetero) is 1. The van der Waals surface area contributed by atoms with E-state index in [1.807, 2.05) is 0 Å². The van der Waals surface area contributed by atoms with E-state index in [4.69, 9.17) is 4.74 Å². The third-order valence-electron chi connectivity index (χ3n) is 8.00. The lowest BCUT2D eigenvalue weighted by Gasteiger charge is -2.59. The van der Waals surface area contributed by atoms with Crippen molar-refractivity contribution in [1.82, 2.24) is 0 Å². The van der Waals surface area contributed by atoms with Crippen molar-refractivity contribution in [2.75, 3.05) is 6.61 Å². The normalized spacial score (nSPS) is 65.1. The lowest BCUT2D eigenvalue weighted by molar-refractivity contribution is -0.249. The molecule has 2 heterocycles. The van der Waals surface area contributed by atoms with Gasteiger partial charge in [0.05, 0.1) is 35.9 Å². The predicted molar refractivity (Wildman–Crippen MR) is 80.7 cm³/mol. The van der Waals surface area contributed by atoms with E-state index in [9.17, 15) is 30.3 Å². The Balaban J connectivity index is 1.98. The molecule has 5 aliphatic rings. The third kappa shape index (κ3) is 1.38. The van der Waals surface area contributed by atoms with E-state index in [0.29, 0.717) is 0 Å². The van der Waals surface area contributed by atoms with Gasteiger partial charge in [-0.3, -0.25) is 4.79 Å². The van der Waals surface area contributed by atoms with Crippen LogP contribution in [0.1, 0.15) is 27.2 Å². The van der Waals surface area contributed by atoms with Crippen LogP contribution < -0.4 is 0 Å². The lowest BCUT2D eigenvalue weighted by Crippen LogP contribution is -2.72. The summed E-state index contributed by atoms with van der Waals surface area (Å²) in [5.74, 6) is -1.55. The number of ketones is 1. The van der Waals surface area contributed by atoms with Crippen molar-refractivity contribution in [1.29, 1.82) is 0 Å². The summed E-state index contributed by atoms with van der Waals surface area (Å²) in [5, 5.41) is 54.0. The first kappa shape index (κ1) is 16.9. The Labute approximate surface area is 140 Å². The van der Waals surface area contributed by atoms with Crippen LogP contribution >= 0.6 is 0 Å². The van der Waals surface area contributed by atoms with Gasteiger partial charge in [0.15, 0.2) is 5.78 Å². The maximum atomic E-state index is 12.5. The van der Waals surface area contributed by atoms with Crippen LogP contribution in [0.2, 0.25) is 0 Å². The van der Waals surface area contributed by atoms with E-state index in [1.165, 1.54) is 0 Å². The molecule has 0 aromatic rings. The Hall–Kier alpha value is -0.570. The van der Waals surface area contributed by atoms with Crippen LogP contribution in [0.25, 0.3) is 0 Å². The molecule has 5 fully saturated rings. The van der Waals surface area contributed by atoms with Gasteiger partial charge in [0, 0.05) is 17.3 Å². The maximum absolute atomic E-state index is 12.5. The van der Waals surface area contributed by atoms with Crippen molar-refractivity contribution < 1.29 is 35.1 Å². The van der Waals surface area contributed by atoms with Gasteiger partial charge in [0.1, 0.15) is 12.2 Å². The Morgan fingerprint density at radius 1 is 1.25 bits per heavy atom. The number of carbonyl (C=O) groups is 1. The molecule has 5 N–H and O–H groups in total. The molecule has 7 nitrogen and oxygen atoms in total. The minimum absolute atomic E-state index is 0.273. The van der Waals surface area contributed by atoms with Gasteiger partial charge >= 0.3 is 0 Å². The van der Waals surface area contributed by atoms with Crippen LogP contribution in [0.5, 0.6) is 0 Å². The Morgan fingerprint density at radius 3 is 2.46 bits per heavy atom. The van der Waals surface area contributed by atoms with Crippen molar-refractivity contribution in [2.24, 2.45) is 28.6 Å². The van der Waals surface area contributed by atoms with Crippen LogP contribution in [0.4, 0.5) is 0 Å². The van der Waals surface area contributed by atoms with Crippen LogP contribution in [0, 0.1) is 28.6 Å². The second-order valence-corrected chi connectivity index (χ2v) is 8.51. The molecule has 0 amide bonds. The Kier molecular flexibility index (Phi) is 3.22. The molecule has 3 saturated carbocycles. The smallest absolute Gasteiger partial charge is 0.164 e. The molecule has 5 rings (SSSR count). The highest BCUT2D eigenvalue weighted by Gasteiger charge is 2.87. The van der Waals surface area contributed by atoms with E-state index >= 15 is 0 Å². The fourth-order valence-corrected chi connectivity index (χ4v) is 6.40. The quantitative estimate of drug-likeness (QED) is 0.390. The molecule has 2 bridgehead atoms. The minimum atomic E-state index is -1.57. The van der Waals surface area contributed by atoms with E-state index < -0.39 is 71.2 Å². The van der Waals surface area contributed by atoms with Crippen molar-refractivity contribution >= 4 is 5.78 Å². The zero-order valence-corrected chi connectivity index (χ0v) is 14.1. The van der Waals surface area contributed by atoms with Gasteiger partial charge in [-0.05, 0) is 12.3 Å². The van der Waals surface area contributed by atoms with Gasteiger partial charge in [0.25, 0.3) is 0 Å². The van der Waals surface area contributed by atoms with Gasteiger partial charge in [-0.1, -0.05) is 20.8 Å². The third-order valence-corrected chi connectivity index (χ3v) is 8.00. The first-order valence-corrected chi connectivity index (χ1v) is 8.67. The molecule has 136 valence electrons. The molecule has 0 aromatic heterocycles. The Morgan fingerprint density at radius 2 is 1.88 bits per heavy atom. The average Bonchev–Trinajstić information content (AvgIpc) is 3.14. The second kappa shape index (κ2) is 4.58. The van der Waals surface area contributed by atoms with E-state index in [1.54, 1.807) is 20.8 Å². The zero-order chi connectivity index (χ0) is 17.8. The predicted octanol–water partition coefficient (Wildman–Crippen LogP) is -1.56. The Bertz CT molecular complexity index is 595. The topological polar surface area (TPSA) is 127 Å². The molecule has 0 radical (unpaired) electrons.